The van der Waals surface area contributed by atoms with Gasteiger partial charge in [0.05, 0.1) is 27.6 Å². The van der Waals surface area contributed by atoms with E-state index in [-0.39, 0.29) is 7.85 Å². The molecule has 66 valence electrons. The minimum atomic E-state index is -0.953. The molecule has 0 aromatic carbocycles. The molecule has 0 aromatic heterocycles. The Labute approximate surface area is 68.1 Å². The summed E-state index contributed by atoms with van der Waals surface area (Å²) in [6.45, 7) is 0.465. The molecular weight excluding hydrogens is 146 g/mol. The van der Waals surface area contributed by atoms with E-state index in [0.717, 1.165) is 0 Å². The van der Waals surface area contributed by atoms with Gasteiger partial charge in [-0.3, -0.25) is 4.79 Å². The van der Waals surface area contributed by atoms with E-state index in [2.05, 4.69) is 0 Å². The summed E-state index contributed by atoms with van der Waals surface area (Å²) in [6.07, 6.45) is -0.914. The summed E-state index contributed by atoms with van der Waals surface area (Å²) in [5, 5.41) is 17.5. The zero-order chi connectivity index (χ0) is 9.07. The van der Waals surface area contributed by atoms with Crippen molar-refractivity contribution in [2.45, 2.75) is 12.5 Å². The second kappa shape index (κ2) is 3.69. The van der Waals surface area contributed by atoms with Crippen molar-refractivity contribution in [2.75, 3.05) is 27.7 Å². The number of carboxylic acids is 1. The van der Waals surface area contributed by atoms with E-state index in [1.54, 1.807) is 0 Å². The third-order valence-corrected chi connectivity index (χ3v) is 1.17. The van der Waals surface area contributed by atoms with Crippen LogP contribution < -0.4 is 0 Å². The molecule has 0 aliphatic rings. The van der Waals surface area contributed by atoms with Gasteiger partial charge in [-0.05, 0) is 0 Å². The van der Waals surface area contributed by atoms with Crippen LogP contribution in [0.4, 0.5) is 0 Å². The molecule has 0 aliphatic carbocycles. The Kier molecular flexibility index (Phi) is 3.48. The Hall–Kier alpha value is -0.610. The predicted octanol–water partition coefficient (Wildman–Crippen LogP) is -0.359. The summed E-state index contributed by atoms with van der Waals surface area (Å²) in [5.41, 5.74) is 0. The molecule has 11 heavy (non-hydrogen) atoms. The quantitative estimate of drug-likeness (QED) is 0.556. The molecule has 0 bridgehead atoms. The maximum absolute atomic E-state index is 10.1. The van der Waals surface area contributed by atoms with Crippen molar-refractivity contribution in [3.05, 3.63) is 0 Å². The molecule has 2 N–H and O–H groups in total. The first-order valence-electron chi connectivity index (χ1n) is 3.51. The van der Waals surface area contributed by atoms with Crippen molar-refractivity contribution < 1.29 is 20.9 Å². The Morgan fingerprint density at radius 1 is 1.55 bits per heavy atom. The largest absolute Gasteiger partial charge is 1.00 e. The van der Waals surface area contributed by atoms with Crippen molar-refractivity contribution in [1.29, 1.82) is 0 Å². The van der Waals surface area contributed by atoms with Crippen LogP contribution in [0, 0.1) is 0 Å². The number of aliphatic hydroxyl groups is 1. The number of hydrogen-bond acceptors (Lipinski definition) is 2. The average molecular weight is 163 g/mol. The second-order valence-electron chi connectivity index (χ2n) is 3.72. The molecule has 0 unspecified atom stereocenters. The number of hydrogen-bond donors (Lipinski definition) is 2. The second-order valence-corrected chi connectivity index (χ2v) is 3.72. The van der Waals surface area contributed by atoms with Gasteiger partial charge >= 0.3 is 7.40 Å². The summed E-state index contributed by atoms with van der Waals surface area (Å²) in [4.78, 5) is 10.1. The third-order valence-electron chi connectivity index (χ3n) is 1.17. The fourth-order valence-electron chi connectivity index (χ4n) is 0.898. The first-order valence-corrected chi connectivity index (χ1v) is 3.51. The Balaban J connectivity index is 0. The van der Waals surface area contributed by atoms with E-state index >= 15 is 0 Å². The molecule has 1 atom stereocenters. The van der Waals surface area contributed by atoms with Gasteiger partial charge in [-0.1, -0.05) is 0 Å². The molecular formula is C7H17NO3+2. The van der Waals surface area contributed by atoms with Crippen LogP contribution in [0.1, 0.15) is 7.85 Å². The van der Waals surface area contributed by atoms with Gasteiger partial charge in [-0.25, -0.2) is 0 Å². The Morgan fingerprint density at radius 2 is 2.00 bits per heavy atom. The maximum atomic E-state index is 10.1. The fraction of sp³-hybridized carbons (Fsp3) is 0.857. The van der Waals surface area contributed by atoms with Crippen molar-refractivity contribution in [1.82, 2.24) is 0 Å². The fourth-order valence-corrected chi connectivity index (χ4v) is 0.898. The molecule has 4 heteroatoms. The lowest BCUT2D eigenvalue weighted by molar-refractivity contribution is -0.873. The average Bonchev–Trinajstić information content (AvgIpc) is 1.53. The van der Waals surface area contributed by atoms with E-state index < -0.39 is 12.1 Å². The lowest BCUT2D eigenvalue weighted by Crippen LogP contribution is -2.42. The summed E-state index contributed by atoms with van der Waals surface area (Å²) in [7, 11) is 5.72. The van der Waals surface area contributed by atoms with Crippen LogP contribution in [0.25, 0.3) is 0 Å². The highest BCUT2D eigenvalue weighted by Crippen LogP contribution is 1.98. The highest BCUT2D eigenvalue weighted by atomic mass is 16.4. The molecule has 0 aliphatic heterocycles. The minimum Gasteiger partial charge on any atom is -0.481 e. The number of quaternary nitrogens is 1. The monoisotopic (exact) mass is 163 g/mol. The lowest BCUT2D eigenvalue weighted by atomic mass is 10.2. The molecule has 0 saturated heterocycles. The van der Waals surface area contributed by atoms with Gasteiger partial charge in [0.25, 0.3) is 0 Å². The van der Waals surface area contributed by atoms with Gasteiger partial charge < -0.3 is 14.7 Å². The van der Waals surface area contributed by atoms with Gasteiger partial charge in [-0.15, -0.1) is 0 Å². The van der Waals surface area contributed by atoms with Gasteiger partial charge in [-0.2, -0.15) is 0 Å². The Bertz CT molecular complexity index is 144. The van der Waals surface area contributed by atoms with E-state index in [9.17, 15) is 4.79 Å². The number of aliphatic carboxylic acids is 1. The van der Waals surface area contributed by atoms with Crippen molar-refractivity contribution in [3.8, 4) is 0 Å². The van der Waals surface area contributed by atoms with Crippen molar-refractivity contribution in [2.24, 2.45) is 0 Å². The van der Waals surface area contributed by atoms with Crippen LogP contribution in [0.2, 0.25) is 0 Å². The molecule has 0 aromatic rings. The molecule has 0 saturated carbocycles. The lowest BCUT2D eigenvalue weighted by Gasteiger charge is -2.25. The van der Waals surface area contributed by atoms with Gasteiger partial charge in [0.2, 0.25) is 0 Å². The normalized spacial score (nSPS) is 14.5. The molecule has 0 heterocycles. The highest BCUT2D eigenvalue weighted by Gasteiger charge is 2.17. The van der Waals surface area contributed by atoms with Crippen LogP contribution in [0.15, 0.2) is 0 Å². The zero-order valence-electron chi connectivity index (χ0n) is 8.24. The summed E-state index contributed by atoms with van der Waals surface area (Å²) in [5.74, 6) is -0.953. The van der Waals surface area contributed by atoms with E-state index in [4.69, 9.17) is 10.2 Å². The number of carboxylic acid groups (broad SMARTS) is 1. The van der Waals surface area contributed by atoms with E-state index in [1.807, 2.05) is 21.1 Å². The van der Waals surface area contributed by atoms with Crippen LogP contribution >= 0.6 is 0 Å². The number of likely N-dealkylation sites (N-methyl/N-ethyl adjacent to an activating group) is 1. The zero-order valence-corrected chi connectivity index (χ0v) is 7.24. The standard InChI is InChI=1S/C7H15NO3/c1-8(2,3)5-6(9)4-7(10)11/h6,9H,4-5H2,1-3H3/p+2/t6-/m1/s1. The van der Waals surface area contributed by atoms with Crippen LogP contribution in [-0.4, -0.2) is 54.5 Å². The van der Waals surface area contributed by atoms with Crippen LogP contribution in [0.3, 0.4) is 0 Å². The highest BCUT2D eigenvalue weighted by molar-refractivity contribution is 5.67. The smallest absolute Gasteiger partial charge is 0.481 e. The van der Waals surface area contributed by atoms with E-state index in [0.29, 0.717) is 11.0 Å². The molecule has 0 rings (SSSR count). The van der Waals surface area contributed by atoms with Crippen molar-refractivity contribution >= 4 is 5.97 Å². The predicted molar refractivity (Wildman–Crippen MR) is 42.3 cm³/mol. The SMILES string of the molecule is C[N+](C)(C)C[C@H](O)CC(=O)O.[H+]. The van der Waals surface area contributed by atoms with Gasteiger partial charge in [0, 0.05) is 0 Å². The molecule has 0 spiro atoms. The molecule has 0 radical (unpaired) electrons. The van der Waals surface area contributed by atoms with E-state index in [1.165, 1.54) is 0 Å². The first kappa shape index (κ1) is 10.4. The number of aliphatic hydroxyl groups excluding tert-OH is 1. The number of carbonyl (C=O) groups is 1. The third kappa shape index (κ3) is 7.29. The first-order chi connectivity index (χ1) is 4.81. The molecule has 0 fully saturated rings. The van der Waals surface area contributed by atoms with Gasteiger partial charge in [0.15, 0.2) is 0 Å². The van der Waals surface area contributed by atoms with Gasteiger partial charge in [0.1, 0.15) is 12.6 Å². The Morgan fingerprint density at radius 3 is 2.27 bits per heavy atom. The summed E-state index contributed by atoms with van der Waals surface area (Å²) >= 11 is 0. The van der Waals surface area contributed by atoms with Crippen molar-refractivity contribution in [3.63, 3.8) is 0 Å². The van der Waals surface area contributed by atoms with Crippen LogP contribution in [0.5, 0.6) is 0 Å². The molecule has 4 nitrogen and oxygen atoms in total. The van der Waals surface area contributed by atoms with Crippen LogP contribution in [-0.2, 0) is 4.79 Å². The number of nitrogens with zero attached hydrogens (tertiary/aromatic N) is 1. The maximum Gasteiger partial charge on any atom is 1.00 e. The topological polar surface area (TPSA) is 57.5 Å². The summed E-state index contributed by atoms with van der Waals surface area (Å²) < 4.78 is 0.578. The molecule has 0 amide bonds. The minimum absolute atomic E-state index is 0. The summed E-state index contributed by atoms with van der Waals surface area (Å²) in [6, 6.07) is 0. The number of rotatable bonds is 4.